The van der Waals surface area contributed by atoms with Crippen LogP contribution in [0.5, 0.6) is 0 Å². The van der Waals surface area contributed by atoms with E-state index in [1.165, 1.54) is 0 Å². The van der Waals surface area contributed by atoms with Crippen LogP contribution in [-0.4, -0.2) is 18.5 Å². The second-order valence-electron chi connectivity index (χ2n) is 5.63. The summed E-state index contributed by atoms with van der Waals surface area (Å²) in [7, 11) is 0. The summed E-state index contributed by atoms with van der Waals surface area (Å²) >= 11 is 0. The van der Waals surface area contributed by atoms with E-state index in [-0.39, 0.29) is 18.5 Å². The maximum Gasteiger partial charge on any atom is 0.161 e. The summed E-state index contributed by atoms with van der Waals surface area (Å²) in [5.41, 5.74) is 2.30. The quantitative estimate of drug-likeness (QED) is 0.721. The van der Waals surface area contributed by atoms with Gasteiger partial charge >= 0.3 is 0 Å². The molecule has 3 heteroatoms. The fourth-order valence-electron chi connectivity index (χ4n) is 2.66. The van der Waals surface area contributed by atoms with Gasteiger partial charge in [-0.25, -0.2) is 0 Å². The molecule has 0 unspecified atom stereocenters. The van der Waals surface area contributed by atoms with Gasteiger partial charge in [0.15, 0.2) is 6.29 Å². The van der Waals surface area contributed by atoms with Crippen molar-refractivity contribution in [2.24, 2.45) is 0 Å². The van der Waals surface area contributed by atoms with Crippen LogP contribution in [-0.2, 0) is 27.4 Å². The van der Waals surface area contributed by atoms with E-state index in [1.54, 1.807) is 6.08 Å². The Hall–Kier alpha value is -1.94. The summed E-state index contributed by atoms with van der Waals surface area (Å²) in [6.45, 7) is 4.96. The molecule has 0 radical (unpaired) electrons. The van der Waals surface area contributed by atoms with E-state index in [0.717, 1.165) is 17.5 Å². The molecule has 1 heterocycles. The molecule has 1 aliphatic rings. The number of hydrogen-bond donors (Lipinski definition) is 0. The monoisotopic (exact) mass is 310 g/mol. The molecule has 0 spiro atoms. The summed E-state index contributed by atoms with van der Waals surface area (Å²) in [6, 6.07) is 20.2. The van der Waals surface area contributed by atoms with Gasteiger partial charge in [-0.05, 0) is 11.1 Å². The highest BCUT2D eigenvalue weighted by Crippen LogP contribution is 2.26. The molecule has 3 rings (SSSR count). The predicted octanol–water partition coefficient (Wildman–Crippen LogP) is 4.09. The Labute approximate surface area is 137 Å². The normalized spacial score (nSPS) is 23.7. The molecule has 3 nitrogen and oxygen atoms in total. The molecule has 2 aromatic rings. The molecule has 0 aliphatic carbocycles. The molecule has 23 heavy (non-hydrogen) atoms. The minimum absolute atomic E-state index is 0.0199. The molecule has 1 fully saturated rings. The maximum atomic E-state index is 6.00. The summed E-state index contributed by atoms with van der Waals surface area (Å²) in [6.07, 6.45) is 2.12. The highest BCUT2D eigenvalue weighted by molar-refractivity contribution is 5.14. The van der Waals surface area contributed by atoms with Gasteiger partial charge in [0.1, 0.15) is 6.10 Å². The molecule has 0 bridgehead atoms. The second kappa shape index (κ2) is 8.06. The molecule has 0 aromatic heterocycles. The Morgan fingerprint density at radius 1 is 0.913 bits per heavy atom. The van der Waals surface area contributed by atoms with Crippen LogP contribution in [0, 0.1) is 0 Å². The van der Waals surface area contributed by atoms with Crippen molar-refractivity contribution in [3.05, 3.63) is 84.4 Å². The van der Waals surface area contributed by atoms with Crippen molar-refractivity contribution >= 4 is 0 Å². The van der Waals surface area contributed by atoms with Crippen LogP contribution in [0.25, 0.3) is 0 Å². The van der Waals surface area contributed by atoms with E-state index < -0.39 is 0 Å². The van der Waals surface area contributed by atoms with Crippen molar-refractivity contribution < 1.29 is 14.2 Å². The Balaban J connectivity index is 1.50. The fraction of sp³-hybridized carbons (Fsp3) is 0.300. The summed E-state index contributed by atoms with van der Waals surface area (Å²) in [5, 5.41) is 0. The zero-order valence-electron chi connectivity index (χ0n) is 13.1. The smallest absolute Gasteiger partial charge is 0.161 e. The topological polar surface area (TPSA) is 27.7 Å². The summed E-state index contributed by atoms with van der Waals surface area (Å²) in [5.74, 6) is 0. The van der Waals surface area contributed by atoms with Crippen LogP contribution >= 0.6 is 0 Å². The molecule has 120 valence electrons. The lowest BCUT2D eigenvalue weighted by atomic mass is 10.1. The standard InChI is InChI=1S/C20H22O3/c1-2-18-19(21-14-16-9-5-3-6-10-16)13-20(23-18)22-15-17-11-7-4-8-12-17/h2-12,18-20H,1,13-15H2/t18-,19+,20-/m1/s1. The van der Waals surface area contributed by atoms with E-state index in [0.29, 0.717) is 13.2 Å². The first kappa shape index (κ1) is 15.9. The number of rotatable bonds is 7. The lowest BCUT2D eigenvalue weighted by molar-refractivity contribution is -0.133. The zero-order chi connectivity index (χ0) is 15.9. The Bertz CT molecular complexity index is 597. The highest BCUT2D eigenvalue weighted by Gasteiger charge is 2.34. The third-order valence-electron chi connectivity index (χ3n) is 3.92. The Morgan fingerprint density at radius 3 is 2.04 bits per heavy atom. The highest BCUT2D eigenvalue weighted by atomic mass is 16.7. The van der Waals surface area contributed by atoms with Crippen LogP contribution in [0.3, 0.4) is 0 Å². The van der Waals surface area contributed by atoms with Crippen molar-refractivity contribution in [3.63, 3.8) is 0 Å². The van der Waals surface area contributed by atoms with Gasteiger partial charge in [-0.15, -0.1) is 6.58 Å². The van der Waals surface area contributed by atoms with Gasteiger partial charge in [0, 0.05) is 6.42 Å². The van der Waals surface area contributed by atoms with Crippen molar-refractivity contribution in [3.8, 4) is 0 Å². The molecule has 0 saturated carbocycles. The first-order chi connectivity index (χ1) is 11.3. The van der Waals surface area contributed by atoms with Crippen molar-refractivity contribution in [1.29, 1.82) is 0 Å². The van der Waals surface area contributed by atoms with E-state index in [9.17, 15) is 0 Å². The third-order valence-corrected chi connectivity index (χ3v) is 3.92. The molecule has 0 N–H and O–H groups in total. The first-order valence-corrected chi connectivity index (χ1v) is 7.94. The van der Waals surface area contributed by atoms with Gasteiger partial charge < -0.3 is 14.2 Å². The molecular weight excluding hydrogens is 288 g/mol. The molecular formula is C20H22O3. The lowest BCUT2D eigenvalue weighted by Crippen LogP contribution is -2.21. The minimum Gasteiger partial charge on any atom is -0.370 e. The van der Waals surface area contributed by atoms with Gasteiger partial charge in [0.2, 0.25) is 0 Å². The third kappa shape index (κ3) is 4.52. The van der Waals surface area contributed by atoms with E-state index >= 15 is 0 Å². The second-order valence-corrected chi connectivity index (χ2v) is 5.63. The zero-order valence-corrected chi connectivity index (χ0v) is 13.1. The van der Waals surface area contributed by atoms with Crippen LogP contribution in [0.1, 0.15) is 17.5 Å². The number of benzene rings is 2. The molecule has 2 aromatic carbocycles. The first-order valence-electron chi connectivity index (χ1n) is 7.94. The van der Waals surface area contributed by atoms with Crippen LogP contribution in [0.15, 0.2) is 73.3 Å². The largest absolute Gasteiger partial charge is 0.370 e. The fourth-order valence-corrected chi connectivity index (χ4v) is 2.66. The van der Waals surface area contributed by atoms with Crippen molar-refractivity contribution in [1.82, 2.24) is 0 Å². The molecule has 3 atom stereocenters. The van der Waals surface area contributed by atoms with E-state index in [2.05, 4.69) is 18.7 Å². The van der Waals surface area contributed by atoms with E-state index in [4.69, 9.17) is 14.2 Å². The SMILES string of the molecule is C=C[C@H]1O[C@@H](OCc2ccccc2)C[C@@H]1OCc1ccccc1. The van der Waals surface area contributed by atoms with Crippen molar-refractivity contribution in [2.45, 2.75) is 38.1 Å². The van der Waals surface area contributed by atoms with Crippen LogP contribution in [0.2, 0.25) is 0 Å². The minimum atomic E-state index is -0.251. The summed E-state index contributed by atoms with van der Waals surface area (Å²) < 4.78 is 17.7. The number of hydrogen-bond acceptors (Lipinski definition) is 3. The van der Waals surface area contributed by atoms with Gasteiger partial charge in [0.05, 0.1) is 19.3 Å². The molecule has 1 saturated heterocycles. The van der Waals surface area contributed by atoms with Gasteiger partial charge in [-0.1, -0.05) is 66.7 Å². The van der Waals surface area contributed by atoms with Gasteiger partial charge in [0.25, 0.3) is 0 Å². The maximum absolute atomic E-state index is 6.00. The van der Waals surface area contributed by atoms with Gasteiger partial charge in [-0.3, -0.25) is 0 Å². The van der Waals surface area contributed by atoms with Gasteiger partial charge in [-0.2, -0.15) is 0 Å². The Kier molecular flexibility index (Phi) is 5.59. The summed E-state index contributed by atoms with van der Waals surface area (Å²) in [4.78, 5) is 0. The number of ether oxygens (including phenoxy) is 3. The van der Waals surface area contributed by atoms with E-state index in [1.807, 2.05) is 48.5 Å². The average Bonchev–Trinajstić information content (AvgIpc) is 3.02. The Morgan fingerprint density at radius 2 is 1.48 bits per heavy atom. The lowest BCUT2D eigenvalue weighted by Gasteiger charge is -2.15. The van der Waals surface area contributed by atoms with Crippen molar-refractivity contribution in [2.75, 3.05) is 0 Å². The van der Waals surface area contributed by atoms with Crippen LogP contribution < -0.4 is 0 Å². The predicted molar refractivity (Wildman–Crippen MR) is 89.7 cm³/mol. The van der Waals surface area contributed by atoms with Crippen LogP contribution in [0.4, 0.5) is 0 Å². The average molecular weight is 310 g/mol. The molecule has 1 aliphatic heterocycles. The molecule has 0 amide bonds.